The van der Waals surface area contributed by atoms with Crippen LogP contribution in [0.25, 0.3) is 0 Å². The summed E-state index contributed by atoms with van der Waals surface area (Å²) in [6.07, 6.45) is 0. The summed E-state index contributed by atoms with van der Waals surface area (Å²) in [5, 5.41) is 114. The first-order valence-corrected chi connectivity index (χ1v) is 17.3. The van der Waals surface area contributed by atoms with Crippen molar-refractivity contribution in [3.8, 4) is 0 Å². The van der Waals surface area contributed by atoms with Gasteiger partial charge in [0.15, 0.2) is 0 Å². The molecule has 0 amide bonds. The van der Waals surface area contributed by atoms with Crippen molar-refractivity contribution in [2.75, 3.05) is 106 Å². The standard InChI is InChI=1S/C4H8O2.15C2H6O/c1-3-6-4(2)5;15*1-2-3/h3H2,1-2H3;15*3H,2H2,1H3. The number of carbonyl (C=O) groups is 1. The van der Waals surface area contributed by atoms with Crippen LogP contribution in [-0.4, -0.2) is 188 Å². The normalized spacial score (nSPS) is 6.20. The lowest BCUT2D eigenvalue weighted by Crippen LogP contribution is -1.95. The van der Waals surface area contributed by atoms with E-state index < -0.39 is 0 Å². The summed E-state index contributed by atoms with van der Waals surface area (Å²) >= 11 is 0. The minimum Gasteiger partial charge on any atom is -0.466 e. The second-order valence-electron chi connectivity index (χ2n) is 5.67. The van der Waals surface area contributed by atoms with E-state index in [0.717, 1.165) is 0 Å². The third-order valence-electron chi connectivity index (χ3n) is 0.348. The summed E-state index contributed by atoms with van der Waals surface area (Å²) in [4.78, 5) is 9.82. The molecule has 0 atom stereocenters. The molecule has 0 aliphatic carbocycles. The van der Waals surface area contributed by atoms with E-state index in [1.165, 1.54) is 6.92 Å². The number of esters is 1. The molecule has 17 nitrogen and oxygen atoms in total. The van der Waals surface area contributed by atoms with Gasteiger partial charge in [0.1, 0.15) is 0 Å². The number of carbonyl (C=O) groups excluding carboxylic acids is 1. The molecule has 0 aliphatic rings. The SMILES string of the molecule is CCO.CCO.CCO.CCO.CCO.CCO.CCO.CCO.CCO.CCO.CCO.CCO.CCO.CCO.CCO.CCOC(C)=O. The first-order chi connectivity index (χ1) is 24.0. The minimum absolute atomic E-state index is 0.211. The zero-order chi connectivity index (χ0) is 45.6. The number of ether oxygens (including phenoxy) is 1. The van der Waals surface area contributed by atoms with Crippen molar-refractivity contribution in [3.05, 3.63) is 0 Å². The molecule has 51 heavy (non-hydrogen) atoms. The number of aliphatic hydroxyl groups is 15. The highest BCUT2D eigenvalue weighted by atomic mass is 16.5. The fourth-order valence-electron chi connectivity index (χ4n) is 0.203. The van der Waals surface area contributed by atoms with E-state index in [-0.39, 0.29) is 105 Å². The highest BCUT2D eigenvalue weighted by Gasteiger charge is 1.81. The quantitative estimate of drug-likeness (QED) is 0.162. The molecule has 0 saturated heterocycles. The molecule has 0 aromatic rings. The first kappa shape index (κ1) is 104. The van der Waals surface area contributed by atoms with Gasteiger partial charge in [0, 0.05) is 106 Å². The summed E-state index contributed by atoms with van der Waals surface area (Å²) in [7, 11) is 0. The Bertz CT molecular complexity index is 192. The van der Waals surface area contributed by atoms with E-state index in [9.17, 15) is 4.79 Å². The van der Waals surface area contributed by atoms with Gasteiger partial charge in [-0.05, 0) is 111 Å². The molecule has 15 N–H and O–H groups in total. The Morgan fingerprint density at radius 1 is 0.275 bits per heavy atom. The van der Waals surface area contributed by atoms with E-state index in [1.54, 1.807) is 111 Å². The number of rotatable bonds is 1. The molecular formula is C34H98O17. The molecule has 0 radical (unpaired) electrons. The van der Waals surface area contributed by atoms with Crippen LogP contribution in [0.15, 0.2) is 0 Å². The van der Waals surface area contributed by atoms with Crippen molar-refractivity contribution in [2.45, 2.75) is 118 Å². The van der Waals surface area contributed by atoms with Gasteiger partial charge in [-0.3, -0.25) is 4.79 Å². The van der Waals surface area contributed by atoms with Crippen molar-refractivity contribution in [1.82, 2.24) is 0 Å². The van der Waals surface area contributed by atoms with Gasteiger partial charge in [-0.1, -0.05) is 0 Å². The van der Waals surface area contributed by atoms with Crippen molar-refractivity contribution < 1.29 is 86.1 Å². The predicted octanol–water partition coefficient (Wildman–Crippen LogP) is 0.548. The molecule has 0 spiro atoms. The average molecular weight is 779 g/mol. The van der Waals surface area contributed by atoms with Crippen molar-refractivity contribution >= 4 is 5.97 Å². The molecule has 0 bridgehead atoms. The number of hydrogen-bond donors (Lipinski definition) is 15. The first-order valence-electron chi connectivity index (χ1n) is 17.3. The third-order valence-corrected chi connectivity index (χ3v) is 0.348. The fourth-order valence-corrected chi connectivity index (χ4v) is 0.203. The smallest absolute Gasteiger partial charge is 0.302 e. The topological polar surface area (TPSA) is 330 Å². The molecule has 0 aliphatic heterocycles. The van der Waals surface area contributed by atoms with Gasteiger partial charge in [-0.15, -0.1) is 0 Å². The highest BCUT2D eigenvalue weighted by Crippen LogP contribution is 1.69. The van der Waals surface area contributed by atoms with E-state index in [0.29, 0.717) is 6.61 Å². The number of aliphatic hydroxyl groups excluding tert-OH is 15. The Labute approximate surface area is 315 Å². The van der Waals surface area contributed by atoms with Crippen molar-refractivity contribution in [3.63, 3.8) is 0 Å². The van der Waals surface area contributed by atoms with Crippen molar-refractivity contribution in [2.24, 2.45) is 0 Å². The van der Waals surface area contributed by atoms with Crippen LogP contribution in [0.3, 0.4) is 0 Å². The van der Waals surface area contributed by atoms with Gasteiger partial charge in [0.25, 0.3) is 0 Å². The van der Waals surface area contributed by atoms with Crippen LogP contribution in [-0.2, 0) is 9.53 Å². The Balaban J connectivity index is -0.0000000184. The van der Waals surface area contributed by atoms with E-state index >= 15 is 0 Å². The second kappa shape index (κ2) is 315. The lowest BCUT2D eigenvalue weighted by atomic mass is 10.8. The molecule has 0 fully saturated rings. The van der Waals surface area contributed by atoms with Crippen molar-refractivity contribution in [1.29, 1.82) is 0 Å². The van der Waals surface area contributed by atoms with Crippen LogP contribution in [0.5, 0.6) is 0 Å². The minimum atomic E-state index is -0.211. The van der Waals surface area contributed by atoms with Gasteiger partial charge >= 0.3 is 5.97 Å². The highest BCUT2D eigenvalue weighted by molar-refractivity contribution is 5.65. The molecule has 0 aromatic heterocycles. The van der Waals surface area contributed by atoms with E-state index in [2.05, 4.69) is 4.74 Å². The predicted molar refractivity (Wildman–Crippen MR) is 214 cm³/mol. The summed E-state index contributed by atoms with van der Waals surface area (Å²) in [6, 6.07) is 0. The number of hydrogen-bond acceptors (Lipinski definition) is 17. The van der Waals surface area contributed by atoms with Gasteiger partial charge in [-0.25, -0.2) is 0 Å². The lowest BCUT2D eigenvalue weighted by molar-refractivity contribution is -0.140. The summed E-state index contributed by atoms with van der Waals surface area (Å²) < 4.78 is 4.40. The van der Waals surface area contributed by atoms with Crippen LogP contribution >= 0.6 is 0 Å². The fraction of sp³-hybridized carbons (Fsp3) is 0.971. The van der Waals surface area contributed by atoms with Gasteiger partial charge < -0.3 is 81.3 Å². The Kier molecular flexibility index (Phi) is 640. The largest absolute Gasteiger partial charge is 0.466 e. The maximum Gasteiger partial charge on any atom is 0.302 e. The van der Waals surface area contributed by atoms with Crippen LogP contribution in [0.4, 0.5) is 0 Å². The van der Waals surface area contributed by atoms with E-state index in [1.807, 2.05) is 0 Å². The zero-order valence-electron chi connectivity index (χ0n) is 36.3. The van der Waals surface area contributed by atoms with Crippen LogP contribution in [0.2, 0.25) is 0 Å². The molecule has 17 heteroatoms. The molecule has 0 unspecified atom stereocenters. The molecule has 0 aromatic carbocycles. The zero-order valence-corrected chi connectivity index (χ0v) is 36.3. The molecule has 0 rings (SSSR count). The van der Waals surface area contributed by atoms with E-state index in [4.69, 9.17) is 76.6 Å². The Morgan fingerprint density at radius 3 is 0.333 bits per heavy atom. The summed E-state index contributed by atoms with van der Waals surface area (Å²) in [6.45, 7) is 32.6. The van der Waals surface area contributed by atoms with Gasteiger partial charge in [-0.2, -0.15) is 0 Å². The maximum absolute atomic E-state index is 9.82. The van der Waals surface area contributed by atoms with Gasteiger partial charge in [0.2, 0.25) is 0 Å². The van der Waals surface area contributed by atoms with Crippen LogP contribution < -0.4 is 0 Å². The summed E-state index contributed by atoms with van der Waals surface area (Å²) in [5.74, 6) is -0.211. The molecule has 0 saturated carbocycles. The molecule has 336 valence electrons. The molecular weight excluding hydrogens is 680 g/mol. The van der Waals surface area contributed by atoms with Crippen LogP contribution in [0.1, 0.15) is 118 Å². The maximum atomic E-state index is 9.82. The Hall–Kier alpha value is -1.13. The lowest BCUT2D eigenvalue weighted by Gasteiger charge is -1.89. The molecule has 0 heterocycles. The third kappa shape index (κ3) is 30700. The van der Waals surface area contributed by atoms with Gasteiger partial charge in [0.05, 0.1) is 6.61 Å². The average Bonchev–Trinajstić information content (AvgIpc) is 3.00. The second-order valence-corrected chi connectivity index (χ2v) is 5.67. The van der Waals surface area contributed by atoms with Crippen LogP contribution in [0, 0.1) is 0 Å². The monoisotopic (exact) mass is 779 g/mol. The Morgan fingerprint density at radius 2 is 0.333 bits per heavy atom. The summed E-state index contributed by atoms with van der Waals surface area (Å²) in [5.41, 5.74) is 0.